The Morgan fingerprint density at radius 1 is 0.947 bits per heavy atom. The summed E-state index contributed by atoms with van der Waals surface area (Å²) < 4.78 is 41.7. The maximum absolute atomic E-state index is 13.8. The van der Waals surface area contributed by atoms with E-state index in [-0.39, 0.29) is 28.6 Å². The van der Waals surface area contributed by atoms with Gasteiger partial charge in [0.15, 0.2) is 0 Å². The topological polar surface area (TPSA) is 95.6 Å². The number of sulfonamides is 1. The minimum atomic E-state index is -3.95. The monoisotopic (exact) mass is 593 g/mol. The lowest BCUT2D eigenvalue weighted by Crippen LogP contribution is -2.39. The second-order valence-electron chi connectivity index (χ2n) is 8.66. The zero-order valence-electron chi connectivity index (χ0n) is 19.8. The van der Waals surface area contributed by atoms with Crippen LogP contribution in [0.1, 0.15) is 27.5 Å². The van der Waals surface area contributed by atoms with E-state index < -0.39 is 27.8 Å². The molecule has 5 rings (SSSR count). The molecule has 10 heteroatoms. The van der Waals surface area contributed by atoms with Crippen molar-refractivity contribution in [3.8, 4) is 0 Å². The van der Waals surface area contributed by atoms with Crippen LogP contribution < -0.4 is 10.0 Å². The standard InChI is InChI=1S/C28H21BrFN3O4S/c29-20-8-15-25-24(16-20)27(18-4-2-1-3-5-18)33(17-26(34)31-25)28(35)19-6-11-22(12-7-19)32-38(36,37)23-13-9-21(30)10-14-23/h1-16,27,32H,17H2,(H,31,34). The number of nitrogens with zero attached hydrogens (tertiary/aromatic N) is 1. The molecule has 192 valence electrons. The van der Waals surface area contributed by atoms with E-state index >= 15 is 0 Å². The smallest absolute Gasteiger partial charge is 0.261 e. The minimum Gasteiger partial charge on any atom is -0.324 e. The second kappa shape index (κ2) is 10.4. The Balaban J connectivity index is 1.47. The molecule has 0 radical (unpaired) electrons. The molecule has 0 bridgehead atoms. The third-order valence-corrected chi connectivity index (χ3v) is 7.98. The van der Waals surface area contributed by atoms with E-state index in [0.29, 0.717) is 5.69 Å². The molecule has 0 aromatic heterocycles. The maximum Gasteiger partial charge on any atom is 0.261 e. The van der Waals surface area contributed by atoms with Gasteiger partial charge in [-0.1, -0.05) is 46.3 Å². The van der Waals surface area contributed by atoms with Crippen molar-refractivity contribution >= 4 is 49.1 Å². The highest BCUT2D eigenvalue weighted by atomic mass is 79.9. The first-order chi connectivity index (χ1) is 18.2. The van der Waals surface area contributed by atoms with Crippen LogP contribution in [-0.2, 0) is 14.8 Å². The first kappa shape index (κ1) is 25.6. The molecule has 4 aromatic rings. The molecule has 4 aromatic carbocycles. The molecule has 38 heavy (non-hydrogen) atoms. The normalized spacial score (nSPS) is 15.3. The molecule has 1 unspecified atom stereocenters. The number of hydrogen-bond acceptors (Lipinski definition) is 4. The van der Waals surface area contributed by atoms with E-state index in [1.165, 1.54) is 41.3 Å². The van der Waals surface area contributed by atoms with Gasteiger partial charge in [-0.25, -0.2) is 12.8 Å². The van der Waals surface area contributed by atoms with Crippen LogP contribution in [0.25, 0.3) is 0 Å². The fourth-order valence-electron chi connectivity index (χ4n) is 4.34. The van der Waals surface area contributed by atoms with E-state index in [1.54, 1.807) is 6.07 Å². The van der Waals surface area contributed by atoms with Crippen molar-refractivity contribution < 1.29 is 22.4 Å². The summed E-state index contributed by atoms with van der Waals surface area (Å²) >= 11 is 3.49. The first-order valence-corrected chi connectivity index (χ1v) is 13.8. The molecular formula is C28H21BrFN3O4S. The average Bonchev–Trinajstić information content (AvgIpc) is 3.04. The first-order valence-electron chi connectivity index (χ1n) is 11.5. The van der Waals surface area contributed by atoms with Gasteiger partial charge in [-0.2, -0.15) is 0 Å². The summed E-state index contributed by atoms with van der Waals surface area (Å²) in [4.78, 5) is 28.0. The predicted molar refractivity (Wildman–Crippen MR) is 146 cm³/mol. The third kappa shape index (κ3) is 5.32. The Bertz CT molecular complexity index is 1610. The number of hydrogen-bond donors (Lipinski definition) is 2. The van der Waals surface area contributed by atoms with Gasteiger partial charge in [0.1, 0.15) is 12.4 Å². The number of fused-ring (bicyclic) bond motifs is 1. The lowest BCUT2D eigenvalue weighted by Gasteiger charge is -2.31. The van der Waals surface area contributed by atoms with Crippen molar-refractivity contribution in [2.24, 2.45) is 0 Å². The molecule has 0 fully saturated rings. The highest BCUT2D eigenvalue weighted by molar-refractivity contribution is 9.10. The number of nitrogens with one attached hydrogen (secondary N) is 2. The quantitative estimate of drug-likeness (QED) is 0.316. The van der Waals surface area contributed by atoms with E-state index in [4.69, 9.17) is 0 Å². The van der Waals surface area contributed by atoms with Crippen molar-refractivity contribution in [1.82, 2.24) is 4.90 Å². The van der Waals surface area contributed by atoms with Crippen molar-refractivity contribution in [2.45, 2.75) is 10.9 Å². The second-order valence-corrected chi connectivity index (χ2v) is 11.3. The van der Waals surface area contributed by atoms with Gasteiger partial charge < -0.3 is 10.2 Å². The van der Waals surface area contributed by atoms with Gasteiger partial charge >= 0.3 is 0 Å². The minimum absolute atomic E-state index is 0.0924. The number of halogens is 2. The number of amides is 2. The van der Waals surface area contributed by atoms with Gasteiger partial charge in [-0.15, -0.1) is 0 Å². The predicted octanol–water partition coefficient (Wildman–Crippen LogP) is 5.57. The molecule has 0 spiro atoms. The summed E-state index contributed by atoms with van der Waals surface area (Å²) in [6.45, 7) is -0.177. The van der Waals surface area contributed by atoms with Gasteiger partial charge in [0.2, 0.25) is 5.91 Å². The molecule has 1 aliphatic rings. The van der Waals surface area contributed by atoms with Gasteiger partial charge in [0.05, 0.1) is 10.9 Å². The van der Waals surface area contributed by atoms with Gasteiger partial charge in [-0.05, 0) is 72.3 Å². The lowest BCUT2D eigenvalue weighted by atomic mass is 9.95. The summed E-state index contributed by atoms with van der Waals surface area (Å²) in [7, 11) is -3.95. The molecule has 2 N–H and O–H groups in total. The molecule has 0 saturated carbocycles. The Kier molecular flexibility index (Phi) is 7.00. The van der Waals surface area contributed by atoms with Gasteiger partial charge in [0, 0.05) is 27.0 Å². The number of carbonyl (C=O) groups excluding carboxylic acids is 2. The molecule has 1 atom stereocenters. The number of rotatable bonds is 5. The summed E-state index contributed by atoms with van der Waals surface area (Å²) in [6, 6.07) is 24.8. The fraction of sp³-hybridized carbons (Fsp3) is 0.0714. The molecule has 1 aliphatic heterocycles. The summed E-state index contributed by atoms with van der Waals surface area (Å²) in [5.74, 6) is -1.27. The Morgan fingerprint density at radius 2 is 1.63 bits per heavy atom. The third-order valence-electron chi connectivity index (χ3n) is 6.09. The Morgan fingerprint density at radius 3 is 2.32 bits per heavy atom. The molecule has 7 nitrogen and oxygen atoms in total. The molecule has 2 amide bonds. The highest BCUT2D eigenvalue weighted by Crippen LogP contribution is 2.38. The average molecular weight is 594 g/mol. The maximum atomic E-state index is 13.8. The van der Waals surface area contributed by atoms with Crippen molar-refractivity contribution in [1.29, 1.82) is 0 Å². The summed E-state index contributed by atoms with van der Waals surface area (Å²) in [5, 5.41) is 2.89. The van der Waals surface area contributed by atoms with Crippen LogP contribution in [0.2, 0.25) is 0 Å². The highest BCUT2D eigenvalue weighted by Gasteiger charge is 2.34. The summed E-state index contributed by atoms with van der Waals surface area (Å²) in [5.41, 5.74) is 2.72. The van der Waals surface area contributed by atoms with Crippen molar-refractivity contribution in [2.75, 3.05) is 16.6 Å². The SMILES string of the molecule is O=C1CN(C(=O)c2ccc(NS(=O)(=O)c3ccc(F)cc3)cc2)C(c2ccccc2)c2cc(Br)ccc2N1. The van der Waals surface area contributed by atoms with Crippen LogP contribution in [-0.4, -0.2) is 31.7 Å². The zero-order valence-corrected chi connectivity index (χ0v) is 22.2. The largest absolute Gasteiger partial charge is 0.324 e. The number of anilines is 2. The van der Waals surface area contributed by atoms with E-state index in [9.17, 15) is 22.4 Å². The van der Waals surface area contributed by atoms with E-state index in [1.807, 2.05) is 42.5 Å². The number of carbonyl (C=O) groups is 2. The fourth-order valence-corrected chi connectivity index (χ4v) is 5.77. The van der Waals surface area contributed by atoms with Gasteiger partial charge in [0.25, 0.3) is 15.9 Å². The molecular weight excluding hydrogens is 573 g/mol. The van der Waals surface area contributed by atoms with Crippen molar-refractivity contribution in [3.05, 3.63) is 124 Å². The number of benzene rings is 4. The Hall–Kier alpha value is -4.02. The molecule has 0 aliphatic carbocycles. The molecule has 0 saturated heterocycles. The van der Waals surface area contributed by atoms with Crippen LogP contribution in [0.3, 0.4) is 0 Å². The van der Waals surface area contributed by atoms with Gasteiger partial charge in [-0.3, -0.25) is 14.3 Å². The van der Waals surface area contributed by atoms with Crippen LogP contribution >= 0.6 is 15.9 Å². The van der Waals surface area contributed by atoms with Crippen LogP contribution in [0.15, 0.2) is 106 Å². The van der Waals surface area contributed by atoms with Crippen LogP contribution in [0.5, 0.6) is 0 Å². The van der Waals surface area contributed by atoms with E-state index in [2.05, 4.69) is 26.0 Å². The lowest BCUT2D eigenvalue weighted by molar-refractivity contribution is -0.117. The Labute approximate surface area is 227 Å². The summed E-state index contributed by atoms with van der Waals surface area (Å²) in [6.07, 6.45) is 0. The zero-order chi connectivity index (χ0) is 26.9. The van der Waals surface area contributed by atoms with Crippen LogP contribution in [0, 0.1) is 5.82 Å². The van der Waals surface area contributed by atoms with Crippen molar-refractivity contribution in [3.63, 3.8) is 0 Å². The molecule has 1 heterocycles. The van der Waals surface area contributed by atoms with E-state index in [0.717, 1.165) is 27.7 Å². The van der Waals surface area contributed by atoms with Crippen LogP contribution in [0.4, 0.5) is 15.8 Å².